The number of piperidine rings is 3. The summed E-state index contributed by atoms with van der Waals surface area (Å²) < 4.78 is 40.4. The van der Waals surface area contributed by atoms with E-state index in [1.165, 1.54) is 38.9 Å². The summed E-state index contributed by atoms with van der Waals surface area (Å²) in [5, 5.41) is 55.6. The van der Waals surface area contributed by atoms with Crippen molar-refractivity contribution in [3.05, 3.63) is 0 Å². The number of nitrogens with zero attached hydrogens (tertiary/aromatic N) is 1. The van der Waals surface area contributed by atoms with E-state index in [1.54, 1.807) is 0 Å². The van der Waals surface area contributed by atoms with E-state index in [1.807, 2.05) is 0 Å². The topological polar surface area (TPSA) is 165 Å². The van der Waals surface area contributed by atoms with Crippen LogP contribution in [0.2, 0.25) is 0 Å². The van der Waals surface area contributed by atoms with Gasteiger partial charge in [0.25, 0.3) is 0 Å². The van der Waals surface area contributed by atoms with Crippen LogP contribution in [0, 0.1) is 5.92 Å². The van der Waals surface area contributed by atoms with E-state index in [0.717, 1.165) is 5.92 Å². The van der Waals surface area contributed by atoms with Gasteiger partial charge in [0.2, 0.25) is 0 Å². The molecule has 2 bridgehead atoms. The van der Waals surface area contributed by atoms with Gasteiger partial charge in [-0.25, -0.2) is 0 Å². The lowest BCUT2D eigenvalue weighted by atomic mass is 9.89. The van der Waals surface area contributed by atoms with E-state index in [4.69, 9.17) is 40.2 Å². The molecule has 8 N–H and O–H groups in total. The van der Waals surface area contributed by atoms with Crippen molar-refractivity contribution < 1.29 is 57.5 Å². The van der Waals surface area contributed by atoms with Gasteiger partial charge in [0, 0.05) is 0 Å². The highest BCUT2D eigenvalue weighted by molar-refractivity contribution is 6.32. The van der Waals surface area contributed by atoms with Crippen LogP contribution in [-0.4, -0.2) is 94.3 Å². The van der Waals surface area contributed by atoms with Crippen molar-refractivity contribution in [1.82, 2.24) is 4.90 Å². The fraction of sp³-hybridized carbons (Fsp3) is 1.00. The first-order chi connectivity index (χ1) is 10.9. The fourth-order valence-corrected chi connectivity index (χ4v) is 1.86. The van der Waals surface area contributed by atoms with Gasteiger partial charge in [0.15, 0.2) is 0 Å². The maximum atomic E-state index is 10.1. The SMILES string of the molecule is C1CN2CCC1CC2.OB(O)F.OB(O)F.OB(O)F.OB(O)F. The lowest BCUT2D eigenvalue weighted by Gasteiger charge is -2.38. The zero-order valence-electron chi connectivity index (χ0n) is 12.7. The molecule has 0 atom stereocenters. The zero-order chi connectivity index (χ0) is 19.7. The number of rotatable bonds is 0. The second kappa shape index (κ2) is 19.0. The molecule has 0 amide bonds. The molecule has 3 fully saturated rings. The molecule has 0 aliphatic carbocycles. The Hall–Kier alpha value is -0.380. The van der Waals surface area contributed by atoms with E-state index >= 15 is 0 Å². The van der Waals surface area contributed by atoms with Crippen LogP contribution in [0.25, 0.3) is 0 Å². The van der Waals surface area contributed by atoms with Crippen LogP contribution in [-0.2, 0) is 0 Å². The molecule has 0 aromatic rings. The molecule has 3 heterocycles. The number of halogens is 4. The molecule has 0 radical (unpaired) electrons. The van der Waals surface area contributed by atoms with Crippen molar-refractivity contribution in [2.75, 3.05) is 19.6 Å². The molecular weight excluding hydrogens is 345 g/mol. The maximum Gasteiger partial charge on any atom is 0.674 e. The molecular formula is C7H21B4F4NO8. The van der Waals surface area contributed by atoms with Crippen molar-refractivity contribution in [2.24, 2.45) is 5.92 Å². The van der Waals surface area contributed by atoms with Crippen LogP contribution in [0.1, 0.15) is 19.3 Å². The minimum Gasteiger partial charge on any atom is -0.398 e. The third kappa shape index (κ3) is 43.0. The Morgan fingerprint density at radius 2 is 0.708 bits per heavy atom. The molecule has 3 aliphatic rings. The molecule has 3 rings (SSSR count). The van der Waals surface area contributed by atoms with Crippen molar-refractivity contribution in [3.8, 4) is 0 Å². The van der Waals surface area contributed by atoms with Gasteiger partial charge >= 0.3 is 29.6 Å². The lowest BCUT2D eigenvalue weighted by Crippen LogP contribution is -2.41. The molecule has 0 aromatic carbocycles. The summed E-state index contributed by atoms with van der Waals surface area (Å²) in [6, 6.07) is 0. The summed E-state index contributed by atoms with van der Waals surface area (Å²) in [7, 11) is -10.7. The standard InChI is InChI=1S/C7H13N.4BFH2O2/c1-4-8-5-2-7(1)3-6-8;4*2-1(3)4/h7H,1-6H2;4*3-4H. The quantitative estimate of drug-likeness (QED) is 0.163. The molecule has 17 heteroatoms. The fourth-order valence-electron chi connectivity index (χ4n) is 1.86. The average molecular weight is 366 g/mol. The van der Waals surface area contributed by atoms with Crippen LogP contribution in [0.5, 0.6) is 0 Å². The molecule has 24 heavy (non-hydrogen) atoms. The van der Waals surface area contributed by atoms with Gasteiger partial charge in [-0.2, -0.15) is 0 Å². The number of fused-ring (bicyclic) bond motifs is 3. The Morgan fingerprint density at radius 3 is 0.750 bits per heavy atom. The van der Waals surface area contributed by atoms with Crippen molar-refractivity contribution >= 4 is 29.6 Å². The summed E-state index contributed by atoms with van der Waals surface area (Å²) in [5.74, 6) is 1.11. The predicted octanol–water partition coefficient (Wildman–Crippen LogP) is -3.20. The van der Waals surface area contributed by atoms with Crippen LogP contribution >= 0.6 is 0 Å². The van der Waals surface area contributed by atoms with Gasteiger partial charge in [0.05, 0.1) is 0 Å². The minimum absolute atomic E-state index is 1.11. The highest BCUT2D eigenvalue weighted by Gasteiger charge is 2.24. The lowest BCUT2D eigenvalue weighted by molar-refractivity contribution is 0.111. The molecule has 0 spiro atoms. The van der Waals surface area contributed by atoms with Crippen LogP contribution in [0.4, 0.5) is 17.3 Å². The summed E-state index contributed by atoms with van der Waals surface area (Å²) in [6.07, 6.45) is 4.46. The Bertz CT molecular complexity index is 196. The van der Waals surface area contributed by atoms with E-state index in [0.29, 0.717) is 0 Å². The highest BCUT2D eigenvalue weighted by atomic mass is 19.1. The molecule has 142 valence electrons. The summed E-state index contributed by atoms with van der Waals surface area (Å²) >= 11 is 0. The molecule has 3 saturated heterocycles. The van der Waals surface area contributed by atoms with E-state index in [2.05, 4.69) is 4.90 Å². The van der Waals surface area contributed by atoms with Gasteiger partial charge in [-0.15, -0.1) is 0 Å². The van der Waals surface area contributed by atoms with E-state index in [-0.39, 0.29) is 0 Å². The molecule has 9 nitrogen and oxygen atoms in total. The Kier molecular flexibility index (Phi) is 22.4. The smallest absolute Gasteiger partial charge is 0.398 e. The zero-order valence-corrected chi connectivity index (χ0v) is 12.7. The molecule has 3 aliphatic heterocycles. The van der Waals surface area contributed by atoms with Crippen molar-refractivity contribution in [2.45, 2.75) is 19.3 Å². The summed E-state index contributed by atoms with van der Waals surface area (Å²) in [5.41, 5.74) is 0. The normalized spacial score (nSPS) is 19.5. The second-order valence-corrected chi connectivity index (χ2v) is 4.32. The predicted molar refractivity (Wildman–Crippen MR) is 79.0 cm³/mol. The number of hydrogen-bond donors (Lipinski definition) is 8. The Labute approximate surface area is 137 Å². The largest absolute Gasteiger partial charge is 0.674 e. The average Bonchev–Trinajstić information content (AvgIpc) is 2.38. The molecule has 0 aromatic heterocycles. The van der Waals surface area contributed by atoms with Gasteiger partial charge in [0.1, 0.15) is 0 Å². The Morgan fingerprint density at radius 1 is 0.542 bits per heavy atom. The van der Waals surface area contributed by atoms with Crippen LogP contribution in [0.15, 0.2) is 0 Å². The highest BCUT2D eigenvalue weighted by Crippen LogP contribution is 2.26. The van der Waals surface area contributed by atoms with Gasteiger partial charge in [-0.05, 0) is 44.8 Å². The first kappa shape index (κ1) is 28.4. The first-order valence-electron chi connectivity index (χ1n) is 6.61. The van der Waals surface area contributed by atoms with Crippen LogP contribution in [0.3, 0.4) is 0 Å². The van der Waals surface area contributed by atoms with Crippen molar-refractivity contribution in [3.63, 3.8) is 0 Å². The van der Waals surface area contributed by atoms with Crippen molar-refractivity contribution in [1.29, 1.82) is 0 Å². The molecule has 0 saturated carbocycles. The Balaban J connectivity index is -0.000000244. The second-order valence-electron chi connectivity index (χ2n) is 4.32. The maximum absolute atomic E-state index is 10.1. The molecule has 0 unspecified atom stereocenters. The third-order valence-electron chi connectivity index (χ3n) is 2.56. The third-order valence-corrected chi connectivity index (χ3v) is 2.56. The number of hydrogen-bond acceptors (Lipinski definition) is 9. The van der Waals surface area contributed by atoms with E-state index in [9.17, 15) is 17.3 Å². The summed E-state index contributed by atoms with van der Waals surface area (Å²) in [6.45, 7) is 4.18. The van der Waals surface area contributed by atoms with Gasteiger partial charge in [-0.3, -0.25) is 17.3 Å². The van der Waals surface area contributed by atoms with Crippen LogP contribution < -0.4 is 0 Å². The van der Waals surface area contributed by atoms with E-state index < -0.39 is 29.6 Å². The van der Waals surface area contributed by atoms with Gasteiger partial charge < -0.3 is 45.1 Å². The monoisotopic (exact) mass is 367 g/mol. The van der Waals surface area contributed by atoms with Gasteiger partial charge in [-0.1, -0.05) is 0 Å². The summed E-state index contributed by atoms with van der Waals surface area (Å²) in [4.78, 5) is 2.58. The first-order valence-corrected chi connectivity index (χ1v) is 6.61. The minimum atomic E-state index is -2.67.